The molecule has 2 aromatic heterocycles. The third kappa shape index (κ3) is 5.23. The first-order valence-electron chi connectivity index (χ1n) is 12.0. The largest absolute Gasteiger partial charge is 0.330 e. The fourth-order valence-corrected chi connectivity index (χ4v) is 4.12. The second-order valence-electron chi connectivity index (χ2n) is 8.58. The van der Waals surface area contributed by atoms with Gasteiger partial charge in [-0.3, -0.25) is 15.0 Å². The molecule has 4 rings (SSSR count). The summed E-state index contributed by atoms with van der Waals surface area (Å²) in [7, 11) is 0. The Morgan fingerprint density at radius 1 is 1.18 bits per heavy atom. The van der Waals surface area contributed by atoms with E-state index in [0.29, 0.717) is 12.1 Å². The first-order valence-corrected chi connectivity index (χ1v) is 12.0. The number of halogens is 2. The molecule has 0 unspecified atom stereocenters. The van der Waals surface area contributed by atoms with Crippen LogP contribution in [0, 0.1) is 30.9 Å². The van der Waals surface area contributed by atoms with Crippen LogP contribution in [0.3, 0.4) is 0 Å². The molecule has 0 bridgehead atoms. The lowest BCUT2D eigenvalue weighted by molar-refractivity contribution is 0.0656. The van der Waals surface area contributed by atoms with Gasteiger partial charge in [-0.2, -0.15) is 0 Å². The molecule has 194 valence electrons. The lowest BCUT2D eigenvalue weighted by Crippen LogP contribution is -2.42. The molecule has 0 radical (unpaired) electrons. The number of nitrogens with two attached hydrogens (primary N) is 1. The van der Waals surface area contributed by atoms with Crippen LogP contribution in [0.4, 0.5) is 14.5 Å². The van der Waals surface area contributed by atoms with E-state index in [1.807, 2.05) is 6.07 Å². The molecule has 0 spiro atoms. The summed E-state index contributed by atoms with van der Waals surface area (Å²) in [4.78, 5) is 37.4. The Morgan fingerprint density at radius 2 is 1.95 bits per heavy atom. The van der Waals surface area contributed by atoms with Crippen molar-refractivity contribution in [3.05, 3.63) is 99.7 Å². The summed E-state index contributed by atoms with van der Waals surface area (Å²) >= 11 is 0. The van der Waals surface area contributed by atoms with Crippen molar-refractivity contribution in [2.24, 2.45) is 5.73 Å². The number of aryl methyl sites for hydroxylation is 1. The van der Waals surface area contributed by atoms with E-state index in [-0.39, 0.29) is 41.9 Å². The second kappa shape index (κ2) is 11.6. The van der Waals surface area contributed by atoms with Crippen molar-refractivity contribution in [1.82, 2.24) is 19.5 Å². The lowest BCUT2D eigenvalue weighted by atomic mass is 10.0. The van der Waals surface area contributed by atoms with Gasteiger partial charge in [-0.15, -0.1) is 12.3 Å². The van der Waals surface area contributed by atoms with E-state index in [1.165, 1.54) is 28.8 Å². The summed E-state index contributed by atoms with van der Waals surface area (Å²) in [5, 5.41) is 0. The second-order valence-corrected chi connectivity index (χ2v) is 8.58. The number of pyridine rings is 1. The summed E-state index contributed by atoms with van der Waals surface area (Å²) in [6, 6.07) is 13.3. The van der Waals surface area contributed by atoms with Crippen LogP contribution in [-0.2, 0) is 0 Å². The van der Waals surface area contributed by atoms with Crippen LogP contribution in [0.2, 0.25) is 0 Å². The van der Waals surface area contributed by atoms with Crippen LogP contribution in [0.25, 0.3) is 11.0 Å². The number of fused-ring (bicyclic) bond motifs is 1. The number of carbonyl (C=O) groups excluding carboxylic acids is 1. The van der Waals surface area contributed by atoms with Crippen LogP contribution in [0.15, 0.2) is 65.6 Å². The summed E-state index contributed by atoms with van der Waals surface area (Å²) in [5.41, 5.74) is 8.54. The molecule has 2 heterocycles. The molecule has 10 heteroatoms. The molecule has 1 amide bonds. The molecule has 0 aliphatic rings. The van der Waals surface area contributed by atoms with Crippen LogP contribution in [0.1, 0.15) is 40.6 Å². The number of hydrogen-bond acceptors (Lipinski definition) is 6. The van der Waals surface area contributed by atoms with Gasteiger partial charge >= 0.3 is 0 Å². The standard InChI is InChI=1S/C28H26F2N6O2/c1-3-9-22(35(17-8-15-31)27(37)23-20(29)14-13-18(2)24(23)30)26-33-21-12-7-16-32-25(21)28(38)36(26)34-19-10-5-4-6-11-19/h1,4-7,10-14,16,22,34H,8-9,15,17,31H2,2H3/t22-/m1/s1. The molecule has 8 nitrogen and oxygen atoms in total. The van der Waals surface area contributed by atoms with Crippen molar-refractivity contribution in [2.75, 3.05) is 18.5 Å². The van der Waals surface area contributed by atoms with Gasteiger partial charge in [0, 0.05) is 19.2 Å². The zero-order chi connectivity index (χ0) is 27.2. The van der Waals surface area contributed by atoms with Gasteiger partial charge in [0.25, 0.3) is 11.5 Å². The van der Waals surface area contributed by atoms with E-state index < -0.39 is 34.7 Å². The molecular formula is C28H26F2N6O2. The van der Waals surface area contributed by atoms with Crippen molar-refractivity contribution < 1.29 is 13.6 Å². The summed E-state index contributed by atoms with van der Waals surface area (Å²) in [6.45, 7) is 1.66. The number of nitrogens with one attached hydrogen (secondary N) is 1. The van der Waals surface area contributed by atoms with E-state index in [0.717, 1.165) is 6.07 Å². The third-order valence-corrected chi connectivity index (χ3v) is 6.02. The minimum absolute atomic E-state index is 0.0147. The number of hydrogen-bond donors (Lipinski definition) is 2. The first kappa shape index (κ1) is 26.4. The normalized spacial score (nSPS) is 11.7. The van der Waals surface area contributed by atoms with E-state index in [1.54, 1.807) is 36.4 Å². The first-order chi connectivity index (χ1) is 18.4. The molecular weight excluding hydrogens is 490 g/mol. The molecule has 0 aliphatic heterocycles. The number of rotatable bonds is 9. The van der Waals surface area contributed by atoms with E-state index in [2.05, 4.69) is 21.3 Å². The topological polar surface area (TPSA) is 106 Å². The Morgan fingerprint density at radius 3 is 2.66 bits per heavy atom. The number of terminal acetylenes is 1. The predicted octanol–water partition coefficient (Wildman–Crippen LogP) is 3.81. The van der Waals surface area contributed by atoms with Gasteiger partial charge in [0.2, 0.25) is 0 Å². The predicted molar refractivity (Wildman–Crippen MR) is 141 cm³/mol. The number of amides is 1. The van der Waals surface area contributed by atoms with Gasteiger partial charge in [-0.1, -0.05) is 24.3 Å². The Balaban J connectivity index is 1.94. The van der Waals surface area contributed by atoms with E-state index in [4.69, 9.17) is 12.2 Å². The molecule has 2 aromatic carbocycles. The van der Waals surface area contributed by atoms with Crippen molar-refractivity contribution in [2.45, 2.75) is 25.8 Å². The Kier molecular flexibility index (Phi) is 8.09. The Hall–Kier alpha value is -4.62. The average molecular weight is 517 g/mol. The molecule has 0 saturated heterocycles. The highest BCUT2D eigenvalue weighted by atomic mass is 19.1. The number of carbonyl (C=O) groups is 1. The Labute approximate surface area is 218 Å². The van der Waals surface area contributed by atoms with Gasteiger partial charge in [0.1, 0.15) is 23.2 Å². The van der Waals surface area contributed by atoms with E-state index >= 15 is 4.39 Å². The van der Waals surface area contributed by atoms with Crippen molar-refractivity contribution in [3.8, 4) is 12.3 Å². The van der Waals surface area contributed by atoms with Crippen LogP contribution in [-0.4, -0.2) is 38.5 Å². The number of nitrogens with zero attached hydrogens (tertiary/aromatic N) is 4. The monoisotopic (exact) mass is 516 g/mol. The van der Waals surface area contributed by atoms with Gasteiger partial charge in [-0.05, 0) is 55.8 Å². The zero-order valence-corrected chi connectivity index (χ0v) is 20.7. The molecule has 0 saturated carbocycles. The summed E-state index contributed by atoms with van der Waals surface area (Å²) in [6.07, 6.45) is 7.39. The maximum Gasteiger partial charge on any atom is 0.298 e. The van der Waals surface area contributed by atoms with Crippen molar-refractivity contribution in [1.29, 1.82) is 0 Å². The van der Waals surface area contributed by atoms with Crippen LogP contribution >= 0.6 is 0 Å². The smallest absolute Gasteiger partial charge is 0.298 e. The molecule has 1 atom stereocenters. The zero-order valence-electron chi connectivity index (χ0n) is 20.7. The molecule has 38 heavy (non-hydrogen) atoms. The number of anilines is 1. The quantitative estimate of drug-likeness (QED) is 0.328. The molecule has 3 N–H and O–H groups in total. The third-order valence-electron chi connectivity index (χ3n) is 6.02. The fraction of sp³-hybridized carbons (Fsp3) is 0.214. The highest BCUT2D eigenvalue weighted by Gasteiger charge is 2.33. The molecule has 0 aliphatic carbocycles. The van der Waals surface area contributed by atoms with Gasteiger partial charge in [-0.25, -0.2) is 23.4 Å². The number of aromatic nitrogens is 3. The summed E-state index contributed by atoms with van der Waals surface area (Å²) < 4.78 is 31.0. The maximum atomic E-state index is 15.0. The van der Waals surface area contributed by atoms with Crippen LogP contribution in [0.5, 0.6) is 0 Å². The molecule has 0 fully saturated rings. The highest BCUT2D eigenvalue weighted by molar-refractivity contribution is 5.95. The van der Waals surface area contributed by atoms with Crippen molar-refractivity contribution >= 4 is 22.6 Å². The fourth-order valence-electron chi connectivity index (χ4n) is 4.12. The van der Waals surface area contributed by atoms with E-state index in [9.17, 15) is 14.0 Å². The SMILES string of the molecule is C#CC[C@H](c1nc2cccnc2c(=O)n1Nc1ccccc1)N(CCCN)C(=O)c1c(F)ccc(C)c1F. The number of para-hydroxylation sites is 1. The van der Waals surface area contributed by atoms with Crippen LogP contribution < -0.4 is 16.7 Å². The van der Waals surface area contributed by atoms with Crippen molar-refractivity contribution in [3.63, 3.8) is 0 Å². The summed E-state index contributed by atoms with van der Waals surface area (Å²) in [5.74, 6) is -0.308. The Bertz CT molecular complexity index is 1570. The number of benzene rings is 2. The maximum absolute atomic E-state index is 15.0. The highest BCUT2D eigenvalue weighted by Crippen LogP contribution is 2.28. The van der Waals surface area contributed by atoms with Gasteiger partial charge in [0.15, 0.2) is 11.3 Å². The minimum atomic E-state index is -1.04. The van der Waals surface area contributed by atoms with Gasteiger partial charge in [0.05, 0.1) is 11.2 Å². The van der Waals surface area contributed by atoms with Gasteiger partial charge < -0.3 is 10.6 Å². The minimum Gasteiger partial charge on any atom is -0.330 e. The molecule has 4 aromatic rings. The average Bonchev–Trinajstić information content (AvgIpc) is 2.92. The lowest BCUT2D eigenvalue weighted by Gasteiger charge is -2.32.